The zero-order valence-electron chi connectivity index (χ0n) is 11.3. The minimum atomic E-state index is 0.198. The molecule has 0 radical (unpaired) electrons. The second-order valence-electron chi connectivity index (χ2n) is 4.77. The molecule has 1 aromatic carbocycles. The Labute approximate surface area is 110 Å². The largest absolute Gasteiger partial charge is 0.380 e. The van der Waals surface area contributed by atoms with E-state index in [0.29, 0.717) is 6.04 Å². The summed E-state index contributed by atoms with van der Waals surface area (Å²) in [4.78, 5) is 2.46. The summed E-state index contributed by atoms with van der Waals surface area (Å²) in [6.07, 6.45) is 0.198. The minimum Gasteiger partial charge on any atom is -0.380 e. The third-order valence-electron chi connectivity index (χ3n) is 3.46. The van der Waals surface area contributed by atoms with Crippen molar-refractivity contribution >= 4 is 0 Å². The van der Waals surface area contributed by atoms with Crippen molar-refractivity contribution in [2.75, 3.05) is 32.9 Å². The Balaban J connectivity index is 1.91. The highest BCUT2D eigenvalue weighted by Crippen LogP contribution is 2.24. The molecule has 0 N–H and O–H groups in total. The van der Waals surface area contributed by atoms with Crippen molar-refractivity contribution in [1.82, 2.24) is 4.90 Å². The lowest BCUT2D eigenvalue weighted by Gasteiger charge is -2.38. The summed E-state index contributed by atoms with van der Waals surface area (Å²) >= 11 is 0. The second kappa shape index (κ2) is 6.88. The van der Waals surface area contributed by atoms with Crippen LogP contribution in [0.15, 0.2) is 30.3 Å². The Morgan fingerprint density at radius 1 is 1.33 bits per heavy atom. The van der Waals surface area contributed by atoms with E-state index in [4.69, 9.17) is 9.47 Å². The Morgan fingerprint density at radius 3 is 2.83 bits per heavy atom. The van der Waals surface area contributed by atoms with E-state index in [2.05, 4.69) is 36.1 Å². The standard InChI is InChI=1S/C15H23NO2/c1-3-17-10-9-16-11-15(18-12-13(16)2)14-7-5-4-6-8-14/h4-8,13,15H,3,9-12H2,1-2H3/t13-,15-/m0/s1. The molecule has 1 aromatic rings. The van der Waals surface area contributed by atoms with Gasteiger partial charge in [0.15, 0.2) is 0 Å². The summed E-state index contributed by atoms with van der Waals surface area (Å²) in [6.45, 7) is 8.59. The fourth-order valence-corrected chi connectivity index (χ4v) is 2.31. The third kappa shape index (κ3) is 3.55. The van der Waals surface area contributed by atoms with Gasteiger partial charge in [-0.05, 0) is 19.4 Å². The van der Waals surface area contributed by atoms with E-state index in [-0.39, 0.29) is 6.10 Å². The molecule has 3 nitrogen and oxygen atoms in total. The molecule has 1 aliphatic heterocycles. The van der Waals surface area contributed by atoms with Crippen molar-refractivity contribution in [2.45, 2.75) is 26.0 Å². The Hall–Kier alpha value is -0.900. The molecule has 0 spiro atoms. The molecule has 0 aliphatic carbocycles. The van der Waals surface area contributed by atoms with Crippen molar-refractivity contribution in [3.8, 4) is 0 Å². The van der Waals surface area contributed by atoms with E-state index < -0.39 is 0 Å². The van der Waals surface area contributed by atoms with Crippen LogP contribution in [-0.4, -0.2) is 43.9 Å². The van der Waals surface area contributed by atoms with Gasteiger partial charge < -0.3 is 9.47 Å². The summed E-state index contributed by atoms with van der Waals surface area (Å²) in [5.74, 6) is 0. The number of ether oxygens (including phenoxy) is 2. The maximum atomic E-state index is 5.93. The summed E-state index contributed by atoms with van der Waals surface area (Å²) in [5, 5.41) is 0. The average molecular weight is 249 g/mol. The fraction of sp³-hybridized carbons (Fsp3) is 0.600. The highest BCUT2D eigenvalue weighted by atomic mass is 16.5. The van der Waals surface area contributed by atoms with E-state index in [1.54, 1.807) is 0 Å². The summed E-state index contributed by atoms with van der Waals surface area (Å²) < 4.78 is 11.4. The number of rotatable bonds is 5. The van der Waals surface area contributed by atoms with E-state index in [0.717, 1.165) is 32.9 Å². The topological polar surface area (TPSA) is 21.7 Å². The van der Waals surface area contributed by atoms with Gasteiger partial charge in [0.25, 0.3) is 0 Å². The minimum absolute atomic E-state index is 0.198. The van der Waals surface area contributed by atoms with E-state index >= 15 is 0 Å². The van der Waals surface area contributed by atoms with Gasteiger partial charge in [-0.15, -0.1) is 0 Å². The first kappa shape index (κ1) is 13.5. The first-order valence-electron chi connectivity index (χ1n) is 6.79. The zero-order valence-corrected chi connectivity index (χ0v) is 11.3. The molecule has 100 valence electrons. The quantitative estimate of drug-likeness (QED) is 0.748. The number of hydrogen-bond donors (Lipinski definition) is 0. The highest BCUT2D eigenvalue weighted by molar-refractivity contribution is 5.18. The number of benzene rings is 1. The van der Waals surface area contributed by atoms with Crippen molar-refractivity contribution in [2.24, 2.45) is 0 Å². The average Bonchev–Trinajstić information content (AvgIpc) is 2.42. The monoisotopic (exact) mass is 249 g/mol. The van der Waals surface area contributed by atoms with Crippen LogP contribution in [0, 0.1) is 0 Å². The molecule has 1 saturated heterocycles. The molecule has 0 bridgehead atoms. The lowest BCUT2D eigenvalue weighted by molar-refractivity contribution is -0.0664. The maximum absolute atomic E-state index is 5.93. The third-order valence-corrected chi connectivity index (χ3v) is 3.46. The molecule has 1 heterocycles. The van der Waals surface area contributed by atoms with Gasteiger partial charge in [-0.3, -0.25) is 4.90 Å². The Morgan fingerprint density at radius 2 is 2.11 bits per heavy atom. The zero-order chi connectivity index (χ0) is 12.8. The van der Waals surface area contributed by atoms with Gasteiger partial charge in [0.2, 0.25) is 0 Å². The van der Waals surface area contributed by atoms with Gasteiger partial charge in [0, 0.05) is 25.7 Å². The Kier molecular flexibility index (Phi) is 5.17. The molecule has 1 fully saturated rings. The van der Waals surface area contributed by atoms with Gasteiger partial charge in [-0.1, -0.05) is 30.3 Å². The van der Waals surface area contributed by atoms with Gasteiger partial charge in [0.05, 0.1) is 19.3 Å². The predicted molar refractivity (Wildman–Crippen MR) is 72.7 cm³/mol. The van der Waals surface area contributed by atoms with Crippen molar-refractivity contribution in [3.63, 3.8) is 0 Å². The second-order valence-corrected chi connectivity index (χ2v) is 4.77. The molecule has 2 rings (SSSR count). The van der Waals surface area contributed by atoms with Crippen LogP contribution in [0.5, 0.6) is 0 Å². The lowest BCUT2D eigenvalue weighted by Crippen LogP contribution is -2.46. The fourth-order valence-electron chi connectivity index (χ4n) is 2.31. The maximum Gasteiger partial charge on any atom is 0.0952 e. The predicted octanol–water partition coefficient (Wildman–Crippen LogP) is 2.48. The van der Waals surface area contributed by atoms with Gasteiger partial charge in [-0.2, -0.15) is 0 Å². The van der Waals surface area contributed by atoms with Crippen LogP contribution in [0.2, 0.25) is 0 Å². The van der Waals surface area contributed by atoms with E-state index in [1.807, 2.05) is 13.0 Å². The highest BCUT2D eigenvalue weighted by Gasteiger charge is 2.26. The summed E-state index contributed by atoms with van der Waals surface area (Å²) in [7, 11) is 0. The van der Waals surface area contributed by atoms with Crippen molar-refractivity contribution < 1.29 is 9.47 Å². The molecular weight excluding hydrogens is 226 g/mol. The summed E-state index contributed by atoms with van der Waals surface area (Å²) in [5.41, 5.74) is 1.27. The molecule has 2 atom stereocenters. The molecule has 1 aliphatic rings. The molecule has 3 heteroatoms. The SMILES string of the molecule is CCOCCN1C[C@@H](c2ccccc2)OC[C@@H]1C. The molecule has 0 aromatic heterocycles. The van der Waals surface area contributed by atoms with Crippen LogP contribution in [0.25, 0.3) is 0 Å². The van der Waals surface area contributed by atoms with Gasteiger partial charge >= 0.3 is 0 Å². The van der Waals surface area contributed by atoms with Crippen LogP contribution in [0.4, 0.5) is 0 Å². The summed E-state index contributed by atoms with van der Waals surface area (Å²) in [6, 6.07) is 10.9. The van der Waals surface area contributed by atoms with Gasteiger partial charge in [0.1, 0.15) is 0 Å². The van der Waals surface area contributed by atoms with Crippen molar-refractivity contribution in [1.29, 1.82) is 0 Å². The molecule has 0 saturated carbocycles. The van der Waals surface area contributed by atoms with E-state index in [1.165, 1.54) is 5.56 Å². The number of morpholine rings is 1. The first-order valence-corrected chi connectivity index (χ1v) is 6.79. The van der Waals surface area contributed by atoms with Crippen LogP contribution in [0.1, 0.15) is 25.5 Å². The van der Waals surface area contributed by atoms with Gasteiger partial charge in [-0.25, -0.2) is 0 Å². The smallest absolute Gasteiger partial charge is 0.0952 e. The molecule has 0 unspecified atom stereocenters. The van der Waals surface area contributed by atoms with Crippen molar-refractivity contribution in [3.05, 3.63) is 35.9 Å². The lowest BCUT2D eigenvalue weighted by atomic mass is 10.1. The molecule has 0 amide bonds. The molecule has 18 heavy (non-hydrogen) atoms. The van der Waals surface area contributed by atoms with Crippen LogP contribution < -0.4 is 0 Å². The van der Waals surface area contributed by atoms with Crippen LogP contribution in [0.3, 0.4) is 0 Å². The van der Waals surface area contributed by atoms with Crippen LogP contribution >= 0.6 is 0 Å². The molecular formula is C15H23NO2. The first-order chi connectivity index (χ1) is 8.81. The number of hydrogen-bond acceptors (Lipinski definition) is 3. The normalized spacial score (nSPS) is 25.2. The van der Waals surface area contributed by atoms with E-state index in [9.17, 15) is 0 Å². The number of nitrogens with zero attached hydrogens (tertiary/aromatic N) is 1. The van der Waals surface area contributed by atoms with Crippen LogP contribution in [-0.2, 0) is 9.47 Å². The Bertz CT molecular complexity index is 342.